The second-order valence-corrected chi connectivity index (χ2v) is 7.31. The lowest BCUT2D eigenvalue weighted by atomic mass is 10.1. The van der Waals surface area contributed by atoms with Crippen molar-refractivity contribution in [3.05, 3.63) is 53.1 Å². The fourth-order valence-electron chi connectivity index (χ4n) is 2.71. The molecule has 1 heterocycles. The van der Waals surface area contributed by atoms with Crippen LogP contribution in [0.1, 0.15) is 23.7 Å². The number of fused-ring (bicyclic) bond motifs is 1. The van der Waals surface area contributed by atoms with E-state index in [4.69, 9.17) is 16.3 Å². The molecule has 2 aromatic carbocycles. The number of anilines is 1. The van der Waals surface area contributed by atoms with Crippen LogP contribution in [0.4, 0.5) is 5.69 Å². The number of ether oxygens (including phenoxy) is 1. The number of carbonyl (C=O) groups is 2. The third kappa shape index (κ3) is 4.17. The van der Waals surface area contributed by atoms with Crippen molar-refractivity contribution in [2.75, 3.05) is 23.8 Å². The Morgan fingerprint density at radius 1 is 1.28 bits per heavy atom. The van der Waals surface area contributed by atoms with E-state index < -0.39 is 0 Å². The molecule has 1 aliphatic rings. The number of thioether (sulfide) groups is 1. The Labute approximate surface area is 156 Å². The van der Waals surface area contributed by atoms with Crippen molar-refractivity contribution in [3.63, 3.8) is 0 Å². The average molecular weight is 376 g/mol. The summed E-state index contributed by atoms with van der Waals surface area (Å²) in [4.78, 5) is 27.0. The van der Waals surface area contributed by atoms with Crippen LogP contribution in [0, 0.1) is 0 Å². The van der Waals surface area contributed by atoms with Gasteiger partial charge in [-0.1, -0.05) is 29.8 Å². The lowest BCUT2D eigenvalue weighted by Crippen LogP contribution is -2.40. The maximum Gasteiger partial charge on any atom is 0.265 e. The fraction of sp³-hybridized carbons (Fsp3) is 0.263. The van der Waals surface area contributed by atoms with Gasteiger partial charge >= 0.3 is 0 Å². The van der Waals surface area contributed by atoms with E-state index in [2.05, 4.69) is 12.1 Å². The Kier molecular flexibility index (Phi) is 5.66. The molecule has 3 rings (SSSR count). The second-order valence-electron chi connectivity index (χ2n) is 5.71. The largest absolute Gasteiger partial charge is 0.481 e. The zero-order valence-corrected chi connectivity index (χ0v) is 15.4. The third-order valence-electron chi connectivity index (χ3n) is 3.88. The van der Waals surface area contributed by atoms with Gasteiger partial charge in [-0.25, -0.2) is 0 Å². The Bertz CT molecular complexity index is 795. The van der Waals surface area contributed by atoms with Crippen LogP contribution in [0.2, 0.25) is 5.02 Å². The van der Waals surface area contributed by atoms with E-state index >= 15 is 0 Å². The summed E-state index contributed by atoms with van der Waals surface area (Å²) in [5, 5.41) is 0.422. The molecule has 0 bridgehead atoms. The number of hydrogen-bond donors (Lipinski definition) is 0. The van der Waals surface area contributed by atoms with Gasteiger partial charge in [-0.15, -0.1) is 11.8 Å². The van der Waals surface area contributed by atoms with Crippen LogP contribution in [-0.2, 0) is 4.79 Å². The highest BCUT2D eigenvalue weighted by molar-refractivity contribution is 7.99. The van der Waals surface area contributed by atoms with E-state index in [0.717, 1.165) is 12.2 Å². The molecular formula is C19H18ClNO3S. The minimum absolute atomic E-state index is 0.0548. The smallest absolute Gasteiger partial charge is 0.265 e. The summed E-state index contributed by atoms with van der Waals surface area (Å²) in [5.74, 6) is 1.10. The molecule has 0 saturated carbocycles. The molecule has 6 heteroatoms. The van der Waals surface area contributed by atoms with Crippen molar-refractivity contribution in [2.24, 2.45) is 0 Å². The van der Waals surface area contributed by atoms with Gasteiger partial charge < -0.3 is 9.64 Å². The Hall–Kier alpha value is -1.98. The topological polar surface area (TPSA) is 46.6 Å². The summed E-state index contributed by atoms with van der Waals surface area (Å²) in [7, 11) is 0. The lowest BCUT2D eigenvalue weighted by molar-refractivity contribution is -0.121. The number of nitrogens with zero attached hydrogens (tertiary/aromatic N) is 1. The van der Waals surface area contributed by atoms with Crippen molar-refractivity contribution < 1.29 is 14.3 Å². The summed E-state index contributed by atoms with van der Waals surface area (Å²) in [5.41, 5.74) is 0.998. The highest BCUT2D eigenvalue weighted by atomic mass is 35.5. The van der Waals surface area contributed by atoms with E-state index in [1.165, 1.54) is 11.8 Å². The highest BCUT2D eigenvalue weighted by Gasteiger charge is 2.28. The predicted octanol–water partition coefficient (Wildman–Crippen LogP) is 4.45. The van der Waals surface area contributed by atoms with Crippen LogP contribution in [0.3, 0.4) is 0 Å². The second kappa shape index (κ2) is 7.93. The summed E-state index contributed by atoms with van der Waals surface area (Å²) in [6.45, 7) is 1.97. The van der Waals surface area contributed by atoms with Gasteiger partial charge in [0.05, 0.1) is 11.3 Å². The van der Waals surface area contributed by atoms with E-state index in [1.807, 2.05) is 18.2 Å². The molecule has 0 atom stereocenters. The summed E-state index contributed by atoms with van der Waals surface area (Å²) in [6.07, 6.45) is 0.826. The zero-order valence-electron chi connectivity index (χ0n) is 13.8. The van der Waals surface area contributed by atoms with Crippen LogP contribution in [-0.4, -0.2) is 30.6 Å². The van der Waals surface area contributed by atoms with Crippen LogP contribution >= 0.6 is 23.4 Å². The van der Waals surface area contributed by atoms with Gasteiger partial charge in [0.2, 0.25) is 0 Å². The number of ketones is 1. The molecule has 0 saturated heterocycles. The molecule has 1 amide bonds. The van der Waals surface area contributed by atoms with Crippen molar-refractivity contribution in [3.8, 4) is 5.75 Å². The normalized spacial score (nSPS) is 13.4. The van der Waals surface area contributed by atoms with Gasteiger partial charge in [-0.2, -0.15) is 0 Å². The maximum atomic E-state index is 12.3. The maximum absolute atomic E-state index is 12.3. The minimum atomic E-state index is -0.132. The molecule has 0 spiro atoms. The highest BCUT2D eigenvalue weighted by Crippen LogP contribution is 2.38. The number of carbonyl (C=O) groups excluding carboxylic acids is 2. The molecular weight excluding hydrogens is 358 g/mol. The van der Waals surface area contributed by atoms with E-state index in [9.17, 15) is 9.59 Å². The number of benzene rings is 2. The zero-order chi connectivity index (χ0) is 17.8. The standard InChI is InChI=1S/C19H18ClNO3S/c1-13(22)16-10-14(20)11-17-19(16)24-12-18(23)21(17)8-5-9-25-15-6-3-2-4-7-15/h2-4,6-7,10-11H,5,8-9,12H2,1H3. The average Bonchev–Trinajstić information content (AvgIpc) is 2.60. The summed E-state index contributed by atoms with van der Waals surface area (Å²) < 4.78 is 5.51. The van der Waals surface area contributed by atoms with Gasteiger partial charge in [0.15, 0.2) is 18.1 Å². The van der Waals surface area contributed by atoms with Crippen LogP contribution in [0.15, 0.2) is 47.4 Å². The Morgan fingerprint density at radius 2 is 2.04 bits per heavy atom. The number of rotatable bonds is 6. The predicted molar refractivity (Wildman–Crippen MR) is 101 cm³/mol. The third-order valence-corrected chi connectivity index (χ3v) is 5.20. The van der Waals surface area contributed by atoms with Crippen molar-refractivity contribution in [2.45, 2.75) is 18.2 Å². The first-order valence-corrected chi connectivity index (χ1v) is 9.38. The van der Waals surface area contributed by atoms with E-state index in [-0.39, 0.29) is 18.3 Å². The molecule has 0 unspecified atom stereocenters. The van der Waals surface area contributed by atoms with Crippen molar-refractivity contribution >= 4 is 40.7 Å². The number of hydrogen-bond acceptors (Lipinski definition) is 4. The molecule has 25 heavy (non-hydrogen) atoms. The van der Waals surface area contributed by atoms with Crippen LogP contribution in [0.5, 0.6) is 5.75 Å². The molecule has 0 aliphatic carbocycles. The molecule has 0 aromatic heterocycles. The summed E-state index contributed by atoms with van der Waals surface area (Å²) in [6, 6.07) is 13.4. The van der Waals surface area contributed by atoms with Gasteiger partial charge in [0.1, 0.15) is 0 Å². The molecule has 0 N–H and O–H groups in total. The molecule has 1 aliphatic heterocycles. The SMILES string of the molecule is CC(=O)c1cc(Cl)cc2c1OCC(=O)N2CCCSc1ccccc1. The first-order valence-electron chi connectivity index (χ1n) is 8.02. The van der Waals surface area contributed by atoms with E-state index in [0.29, 0.717) is 28.6 Å². The quantitative estimate of drug-likeness (QED) is 0.425. The monoisotopic (exact) mass is 375 g/mol. The first kappa shape index (κ1) is 17.8. The Balaban J connectivity index is 1.72. The number of Topliss-reactive ketones (excluding diaryl/α,β-unsaturated/α-hetero) is 1. The lowest BCUT2D eigenvalue weighted by Gasteiger charge is -2.30. The van der Waals surface area contributed by atoms with E-state index in [1.54, 1.807) is 28.8 Å². The first-order chi connectivity index (χ1) is 12.1. The van der Waals surface area contributed by atoms with Gasteiger partial charge in [-0.05, 0) is 43.4 Å². The van der Waals surface area contributed by atoms with Crippen LogP contribution in [0.25, 0.3) is 0 Å². The van der Waals surface area contributed by atoms with Gasteiger partial charge in [0.25, 0.3) is 5.91 Å². The number of halogens is 1. The van der Waals surface area contributed by atoms with Crippen molar-refractivity contribution in [1.29, 1.82) is 0 Å². The molecule has 0 radical (unpaired) electrons. The van der Waals surface area contributed by atoms with Crippen LogP contribution < -0.4 is 9.64 Å². The Morgan fingerprint density at radius 3 is 2.76 bits per heavy atom. The van der Waals surface area contributed by atoms with Crippen molar-refractivity contribution in [1.82, 2.24) is 0 Å². The molecule has 4 nitrogen and oxygen atoms in total. The van der Waals surface area contributed by atoms with Gasteiger partial charge in [0, 0.05) is 16.5 Å². The minimum Gasteiger partial charge on any atom is -0.481 e. The molecule has 2 aromatic rings. The number of amides is 1. The molecule has 130 valence electrons. The molecule has 0 fully saturated rings. The fourth-order valence-corrected chi connectivity index (χ4v) is 3.78. The summed E-state index contributed by atoms with van der Waals surface area (Å²) >= 11 is 7.88. The van der Waals surface area contributed by atoms with Gasteiger partial charge in [-0.3, -0.25) is 9.59 Å².